The van der Waals surface area contributed by atoms with Crippen LogP contribution in [0.25, 0.3) is 0 Å². The summed E-state index contributed by atoms with van der Waals surface area (Å²) in [6.07, 6.45) is 0. The predicted octanol–water partition coefficient (Wildman–Crippen LogP) is -1.78. The van der Waals surface area contributed by atoms with Crippen molar-refractivity contribution in [2.75, 3.05) is 0 Å². The first-order chi connectivity index (χ1) is 2.77. The van der Waals surface area contributed by atoms with Crippen LogP contribution >= 0.6 is 0 Å². The maximum absolute atomic E-state index is 9.27. The van der Waals surface area contributed by atoms with E-state index in [0.717, 1.165) is 0 Å². The fourth-order valence-corrected chi connectivity index (χ4v) is 0.0609. The molecule has 0 atom stereocenters. The summed E-state index contributed by atoms with van der Waals surface area (Å²) in [7, 11) is 0.287. The van der Waals surface area contributed by atoms with Crippen molar-refractivity contribution in [2.24, 2.45) is 16.4 Å². The van der Waals surface area contributed by atoms with Gasteiger partial charge < -0.3 is 0 Å². The minimum absolute atomic E-state index is 0.204. The van der Waals surface area contributed by atoms with Crippen molar-refractivity contribution in [1.82, 2.24) is 0 Å². The number of nitrogens with two attached hydrogens (primary N) is 2. The summed E-state index contributed by atoms with van der Waals surface area (Å²) in [5.41, 5.74) is 9.40. The van der Waals surface area contributed by atoms with Crippen molar-refractivity contribution < 1.29 is 4.70 Å². The molecule has 4 N–H and O–H groups in total. The third-order valence-corrected chi connectivity index (χ3v) is 0.202. The van der Waals surface area contributed by atoms with Crippen molar-refractivity contribution in [2.45, 2.75) is 0 Å². The minimum atomic E-state index is -0.204. The molecule has 0 aliphatic carbocycles. The molecule has 0 spiro atoms. The van der Waals surface area contributed by atoms with E-state index in [2.05, 4.69) is 4.90 Å². The molecule has 0 radical (unpaired) electrons. The number of hydrogen-bond acceptors (Lipinski definition) is 1. The van der Waals surface area contributed by atoms with Gasteiger partial charge >= 0.3 is 34.3 Å². The number of hydrogen-bond donors (Lipinski definition) is 2. The van der Waals surface area contributed by atoms with E-state index < -0.39 is 0 Å². The number of guanidine groups is 1. The second kappa shape index (κ2) is 2.38. The van der Waals surface area contributed by atoms with E-state index in [-0.39, 0.29) is 13.2 Å². The molecule has 0 aromatic rings. The van der Waals surface area contributed by atoms with Crippen LogP contribution < -0.4 is 11.5 Å². The fourth-order valence-electron chi connectivity index (χ4n) is 0.0609. The summed E-state index contributed by atoms with van der Waals surface area (Å²) in [4.78, 5) is 2.92. The Balaban J connectivity index is 3.41. The van der Waals surface area contributed by atoms with Crippen LogP contribution in [-0.2, 0) is 4.70 Å². The molecule has 6 heavy (non-hydrogen) atoms. The maximum atomic E-state index is 9.27. The molecule has 0 unspecified atom stereocenters. The van der Waals surface area contributed by atoms with Crippen LogP contribution in [-0.4, -0.2) is 13.2 Å². The predicted molar refractivity (Wildman–Crippen MR) is 22.3 cm³/mol. The van der Waals surface area contributed by atoms with Crippen LogP contribution in [0.5, 0.6) is 0 Å². The van der Waals surface area contributed by atoms with Gasteiger partial charge in [-0.1, -0.05) is 0 Å². The van der Waals surface area contributed by atoms with Gasteiger partial charge in [-0.05, 0) is 0 Å². The van der Waals surface area contributed by atoms with E-state index in [1.807, 2.05) is 0 Å². The SMILES string of the molecule is NC(N)=NB=O. The average Bonchev–Trinajstić information content (AvgIpc) is 1.35. The van der Waals surface area contributed by atoms with Crippen molar-refractivity contribution in [3.63, 3.8) is 0 Å². The molecular weight excluding hydrogens is 80.8 g/mol. The third-order valence-electron chi connectivity index (χ3n) is 0.202. The second-order valence-electron chi connectivity index (χ2n) is 0.659. The van der Waals surface area contributed by atoms with Crippen LogP contribution in [0.1, 0.15) is 0 Å². The van der Waals surface area contributed by atoms with Gasteiger partial charge in [0.2, 0.25) is 0 Å². The molecule has 0 heterocycles. The van der Waals surface area contributed by atoms with Gasteiger partial charge in [-0.2, -0.15) is 0 Å². The molecular formula is CH4BN3O. The zero-order valence-electron chi connectivity index (χ0n) is 3.09. The first-order valence-corrected chi connectivity index (χ1v) is 1.29. The number of rotatable bonds is 1. The van der Waals surface area contributed by atoms with Gasteiger partial charge in [-0.25, -0.2) is 0 Å². The van der Waals surface area contributed by atoms with Gasteiger partial charge in [0.25, 0.3) is 0 Å². The Bertz CT molecular complexity index is 74.9. The topological polar surface area (TPSA) is 81.5 Å². The van der Waals surface area contributed by atoms with Crippen molar-refractivity contribution in [3.8, 4) is 0 Å². The van der Waals surface area contributed by atoms with Gasteiger partial charge in [0.15, 0.2) is 0 Å². The fraction of sp³-hybridized carbons (Fsp3) is 0. The Labute approximate surface area is 35.5 Å². The van der Waals surface area contributed by atoms with Crippen LogP contribution in [0.2, 0.25) is 0 Å². The summed E-state index contributed by atoms with van der Waals surface area (Å²) in [6, 6.07) is 0. The van der Waals surface area contributed by atoms with E-state index in [1.165, 1.54) is 0 Å². The summed E-state index contributed by atoms with van der Waals surface area (Å²) >= 11 is 0. The van der Waals surface area contributed by atoms with Crippen molar-refractivity contribution in [1.29, 1.82) is 0 Å². The molecule has 0 aromatic heterocycles. The zero-order valence-corrected chi connectivity index (χ0v) is 3.09. The first kappa shape index (κ1) is 5.13. The van der Waals surface area contributed by atoms with Crippen LogP contribution in [0.15, 0.2) is 4.90 Å². The standard InChI is InChI=1S/CH4BN3O/c3-1(4)5-2-6/h(H4,3,4,5). The Hall–Kier alpha value is -0.865. The summed E-state index contributed by atoms with van der Waals surface area (Å²) in [5.74, 6) is -0.204. The van der Waals surface area contributed by atoms with Crippen LogP contribution in [0.3, 0.4) is 0 Å². The van der Waals surface area contributed by atoms with Crippen molar-refractivity contribution >= 4 is 13.2 Å². The normalized spacial score (nSPS) is 6.00. The second-order valence-corrected chi connectivity index (χ2v) is 0.659. The molecule has 4 nitrogen and oxygen atoms in total. The van der Waals surface area contributed by atoms with E-state index in [1.54, 1.807) is 0 Å². The Morgan fingerprint density at radius 3 is 2.17 bits per heavy atom. The Morgan fingerprint density at radius 1 is 1.67 bits per heavy atom. The molecule has 0 fully saturated rings. The van der Waals surface area contributed by atoms with Gasteiger partial charge in [-0.15, -0.1) is 0 Å². The third kappa shape index (κ3) is 3.13. The van der Waals surface area contributed by atoms with Gasteiger partial charge in [0.05, 0.1) is 0 Å². The molecule has 0 bridgehead atoms. The quantitative estimate of drug-likeness (QED) is 0.224. The van der Waals surface area contributed by atoms with Crippen molar-refractivity contribution in [3.05, 3.63) is 0 Å². The molecule has 0 saturated carbocycles. The Morgan fingerprint density at radius 2 is 2.17 bits per heavy atom. The zero-order chi connectivity index (χ0) is 4.99. The van der Waals surface area contributed by atoms with Crippen LogP contribution in [0.4, 0.5) is 0 Å². The Kier molecular flexibility index (Phi) is 2.03. The average molecular weight is 84.9 g/mol. The molecule has 0 aliphatic rings. The molecule has 5 heteroatoms. The monoisotopic (exact) mass is 85.0 g/mol. The van der Waals surface area contributed by atoms with Crippen LogP contribution in [0, 0.1) is 0 Å². The van der Waals surface area contributed by atoms with Gasteiger partial charge in [-0.3, -0.25) is 0 Å². The molecule has 0 aliphatic heterocycles. The molecule has 32 valence electrons. The summed E-state index contributed by atoms with van der Waals surface area (Å²) < 4.78 is 9.27. The molecule has 0 aromatic carbocycles. The molecule has 0 saturated heterocycles. The van der Waals surface area contributed by atoms with E-state index >= 15 is 0 Å². The molecule has 0 amide bonds. The van der Waals surface area contributed by atoms with E-state index in [0.29, 0.717) is 0 Å². The summed E-state index contributed by atoms with van der Waals surface area (Å²) in [6.45, 7) is 0. The summed E-state index contributed by atoms with van der Waals surface area (Å²) in [5, 5.41) is 0. The molecule has 0 rings (SSSR count). The number of nitrogens with zero attached hydrogens (tertiary/aromatic N) is 1. The van der Waals surface area contributed by atoms with Gasteiger partial charge in [0, 0.05) is 0 Å². The first-order valence-electron chi connectivity index (χ1n) is 1.29. The van der Waals surface area contributed by atoms with Gasteiger partial charge in [0.1, 0.15) is 0 Å². The van der Waals surface area contributed by atoms with E-state index in [9.17, 15) is 4.70 Å². The van der Waals surface area contributed by atoms with E-state index in [4.69, 9.17) is 11.5 Å².